The number of ketones is 1. The molecule has 5 nitrogen and oxygen atoms in total. The average molecular weight is 318 g/mol. The van der Waals surface area contributed by atoms with Gasteiger partial charge in [-0.25, -0.2) is 4.98 Å². The lowest BCUT2D eigenvalue weighted by molar-refractivity contribution is 0.102. The van der Waals surface area contributed by atoms with Crippen molar-refractivity contribution in [2.75, 3.05) is 12.9 Å². The van der Waals surface area contributed by atoms with Gasteiger partial charge in [-0.3, -0.25) is 14.2 Å². The Bertz CT molecular complexity index is 768. The van der Waals surface area contributed by atoms with E-state index >= 15 is 0 Å². The number of nitrogens with zero attached hydrogens (tertiary/aromatic N) is 2. The van der Waals surface area contributed by atoms with E-state index in [-0.39, 0.29) is 17.1 Å². The molecule has 0 aliphatic carbocycles. The van der Waals surface area contributed by atoms with Crippen LogP contribution in [0.2, 0.25) is 0 Å². The molecule has 116 valence electrons. The van der Waals surface area contributed by atoms with Gasteiger partial charge in [0.15, 0.2) is 10.9 Å². The third kappa shape index (κ3) is 3.39. The van der Waals surface area contributed by atoms with Crippen LogP contribution in [0.25, 0.3) is 0 Å². The molecule has 1 aromatic heterocycles. The van der Waals surface area contributed by atoms with Crippen LogP contribution in [-0.2, 0) is 7.05 Å². The van der Waals surface area contributed by atoms with E-state index in [2.05, 4.69) is 4.98 Å². The number of aryl methyl sites for hydroxylation is 1. The lowest BCUT2D eigenvalue weighted by atomic mass is 10.1. The Balaban J connectivity index is 2.16. The molecule has 0 spiro atoms. The van der Waals surface area contributed by atoms with E-state index in [4.69, 9.17) is 4.74 Å². The minimum atomic E-state index is -0.0798. The first kappa shape index (κ1) is 16.3. The van der Waals surface area contributed by atoms with Crippen molar-refractivity contribution in [2.24, 2.45) is 7.05 Å². The second-order valence-corrected chi connectivity index (χ2v) is 5.86. The maximum absolute atomic E-state index is 12.2. The van der Waals surface area contributed by atoms with Crippen molar-refractivity contribution in [1.29, 1.82) is 0 Å². The molecule has 1 aromatic carbocycles. The molecule has 0 unspecified atom stereocenters. The third-order valence-corrected chi connectivity index (χ3v) is 4.47. The second-order valence-electron chi connectivity index (χ2n) is 4.91. The smallest absolute Gasteiger partial charge is 0.257 e. The summed E-state index contributed by atoms with van der Waals surface area (Å²) < 4.78 is 6.59. The van der Waals surface area contributed by atoms with Crippen LogP contribution in [0.4, 0.5) is 0 Å². The van der Waals surface area contributed by atoms with Gasteiger partial charge < -0.3 is 4.74 Å². The monoisotopic (exact) mass is 318 g/mol. The highest BCUT2D eigenvalue weighted by atomic mass is 32.2. The molecule has 1 heterocycles. The number of rotatable bonds is 5. The topological polar surface area (TPSA) is 61.2 Å². The van der Waals surface area contributed by atoms with E-state index in [0.29, 0.717) is 27.7 Å². The van der Waals surface area contributed by atoms with Crippen LogP contribution in [0.3, 0.4) is 0 Å². The quantitative estimate of drug-likeness (QED) is 0.481. The molecule has 0 N–H and O–H groups in total. The Morgan fingerprint density at radius 1 is 1.36 bits per heavy atom. The van der Waals surface area contributed by atoms with Gasteiger partial charge in [0, 0.05) is 23.9 Å². The number of thioether (sulfide) groups is 1. The summed E-state index contributed by atoms with van der Waals surface area (Å²) in [6, 6.07) is 7.02. The Morgan fingerprint density at radius 2 is 2.09 bits per heavy atom. The van der Waals surface area contributed by atoms with Crippen molar-refractivity contribution in [3.05, 3.63) is 51.4 Å². The summed E-state index contributed by atoms with van der Waals surface area (Å²) in [4.78, 5) is 28.6. The zero-order chi connectivity index (χ0) is 16.3. The van der Waals surface area contributed by atoms with Gasteiger partial charge in [0.05, 0.1) is 12.9 Å². The first-order chi connectivity index (χ1) is 10.4. The van der Waals surface area contributed by atoms with E-state index < -0.39 is 0 Å². The Hall–Kier alpha value is -2.08. The fourth-order valence-corrected chi connectivity index (χ4v) is 2.84. The standard InChI is InChI=1S/C16H18N2O3S/c1-10-11(2)17-16(18(3)15(10)20)22-9-14(19)12-6-5-7-13(8-12)21-4/h5-8H,9H2,1-4H3. The fourth-order valence-electron chi connectivity index (χ4n) is 1.93. The molecule has 0 aliphatic rings. The summed E-state index contributed by atoms with van der Waals surface area (Å²) in [5, 5.41) is 0.546. The van der Waals surface area contributed by atoms with E-state index in [0.717, 1.165) is 0 Å². The number of aromatic nitrogens is 2. The van der Waals surface area contributed by atoms with E-state index in [1.807, 2.05) is 0 Å². The van der Waals surface area contributed by atoms with Gasteiger partial charge >= 0.3 is 0 Å². The molecule has 22 heavy (non-hydrogen) atoms. The minimum absolute atomic E-state index is 0.0311. The first-order valence-corrected chi connectivity index (χ1v) is 7.77. The van der Waals surface area contributed by atoms with Gasteiger partial charge in [-0.15, -0.1) is 0 Å². The van der Waals surface area contributed by atoms with Crippen LogP contribution in [0.15, 0.2) is 34.2 Å². The molecule has 0 amide bonds. The SMILES string of the molecule is COc1cccc(C(=O)CSc2nc(C)c(C)c(=O)n2C)c1. The van der Waals surface area contributed by atoms with Gasteiger partial charge in [-0.1, -0.05) is 23.9 Å². The molecule has 0 aliphatic heterocycles. The molecule has 0 bridgehead atoms. The molecular weight excluding hydrogens is 300 g/mol. The van der Waals surface area contributed by atoms with E-state index in [1.165, 1.54) is 16.3 Å². The van der Waals surface area contributed by atoms with Crippen LogP contribution >= 0.6 is 11.8 Å². The van der Waals surface area contributed by atoms with E-state index in [9.17, 15) is 9.59 Å². The zero-order valence-corrected chi connectivity index (χ0v) is 13.9. The zero-order valence-electron chi connectivity index (χ0n) is 13.0. The van der Waals surface area contributed by atoms with Crippen LogP contribution in [0.5, 0.6) is 5.75 Å². The highest BCUT2D eigenvalue weighted by Crippen LogP contribution is 2.19. The predicted molar refractivity (Wildman–Crippen MR) is 87.0 cm³/mol. The van der Waals surface area contributed by atoms with Crippen molar-refractivity contribution in [2.45, 2.75) is 19.0 Å². The van der Waals surface area contributed by atoms with Gasteiger partial charge in [0.2, 0.25) is 0 Å². The number of hydrogen-bond donors (Lipinski definition) is 0. The molecule has 0 fully saturated rings. The van der Waals surface area contributed by atoms with Crippen molar-refractivity contribution in [3.63, 3.8) is 0 Å². The number of ether oxygens (including phenoxy) is 1. The van der Waals surface area contributed by atoms with Crippen LogP contribution in [0, 0.1) is 13.8 Å². The van der Waals surface area contributed by atoms with Crippen molar-refractivity contribution in [3.8, 4) is 5.75 Å². The Labute approximate surface area is 133 Å². The first-order valence-electron chi connectivity index (χ1n) is 6.78. The van der Waals surface area contributed by atoms with Crippen LogP contribution < -0.4 is 10.3 Å². The second kappa shape index (κ2) is 6.79. The largest absolute Gasteiger partial charge is 0.497 e. The molecule has 0 saturated carbocycles. The number of hydrogen-bond acceptors (Lipinski definition) is 5. The maximum atomic E-state index is 12.2. The van der Waals surface area contributed by atoms with Crippen molar-refractivity contribution >= 4 is 17.5 Å². The lowest BCUT2D eigenvalue weighted by Crippen LogP contribution is -2.23. The Morgan fingerprint density at radius 3 is 2.77 bits per heavy atom. The van der Waals surface area contributed by atoms with Gasteiger partial charge in [0.25, 0.3) is 5.56 Å². The third-order valence-electron chi connectivity index (χ3n) is 3.44. The summed E-state index contributed by atoms with van der Waals surface area (Å²) >= 11 is 1.26. The number of Topliss-reactive ketones (excluding diaryl/α,β-unsaturated/α-hetero) is 1. The normalized spacial score (nSPS) is 10.5. The minimum Gasteiger partial charge on any atom is -0.497 e. The number of benzene rings is 1. The average Bonchev–Trinajstić information content (AvgIpc) is 2.54. The highest BCUT2D eigenvalue weighted by Gasteiger charge is 2.12. The van der Waals surface area contributed by atoms with Gasteiger partial charge in [-0.2, -0.15) is 0 Å². The summed E-state index contributed by atoms with van der Waals surface area (Å²) in [5.41, 5.74) is 1.83. The van der Waals surface area contributed by atoms with E-state index in [1.54, 1.807) is 52.3 Å². The molecule has 0 saturated heterocycles. The summed E-state index contributed by atoms with van der Waals surface area (Å²) in [6.45, 7) is 3.55. The lowest BCUT2D eigenvalue weighted by Gasteiger charge is -2.09. The number of methoxy groups -OCH3 is 1. The van der Waals surface area contributed by atoms with Crippen LogP contribution in [0.1, 0.15) is 21.6 Å². The highest BCUT2D eigenvalue weighted by molar-refractivity contribution is 7.99. The molecule has 6 heteroatoms. The predicted octanol–water partition coefficient (Wildman–Crippen LogP) is 2.38. The summed E-state index contributed by atoms with van der Waals surface area (Å²) in [6.07, 6.45) is 0. The molecular formula is C16H18N2O3S. The molecule has 0 radical (unpaired) electrons. The number of carbonyl (C=O) groups excluding carboxylic acids is 1. The molecule has 2 rings (SSSR count). The van der Waals surface area contributed by atoms with Crippen molar-refractivity contribution < 1.29 is 9.53 Å². The number of carbonyl (C=O) groups is 1. The Kier molecular flexibility index (Phi) is 5.03. The van der Waals surface area contributed by atoms with Crippen LogP contribution in [-0.4, -0.2) is 28.2 Å². The summed E-state index contributed by atoms with van der Waals surface area (Å²) in [7, 11) is 3.23. The summed E-state index contributed by atoms with van der Waals surface area (Å²) in [5.74, 6) is 0.833. The fraction of sp³-hybridized carbons (Fsp3) is 0.312. The molecule has 0 atom stereocenters. The maximum Gasteiger partial charge on any atom is 0.257 e. The van der Waals surface area contributed by atoms with Gasteiger partial charge in [-0.05, 0) is 26.0 Å². The van der Waals surface area contributed by atoms with Crippen molar-refractivity contribution in [1.82, 2.24) is 9.55 Å². The van der Waals surface area contributed by atoms with Gasteiger partial charge in [0.1, 0.15) is 5.75 Å². The molecule has 2 aromatic rings.